The van der Waals surface area contributed by atoms with E-state index < -0.39 is 12.0 Å². The molecule has 2 aromatic carbocycles. The number of aryl methyl sites for hydroxylation is 1. The number of methoxy groups -OCH3 is 2. The molecule has 5 heteroatoms. The predicted molar refractivity (Wildman–Crippen MR) is 90.8 cm³/mol. The highest BCUT2D eigenvalue weighted by Gasteiger charge is 2.24. The molecule has 0 saturated heterocycles. The summed E-state index contributed by atoms with van der Waals surface area (Å²) in [5, 5.41) is 2.76. The SMILES string of the molecule is COC(=O)C(NC(=O)Cc1cccc(OC)c1)c1ccccc1C. The minimum absolute atomic E-state index is 0.149. The molecule has 0 aromatic heterocycles. The van der Waals surface area contributed by atoms with Crippen LogP contribution in [0.2, 0.25) is 0 Å². The van der Waals surface area contributed by atoms with Gasteiger partial charge in [0.1, 0.15) is 5.75 Å². The molecule has 0 saturated carbocycles. The molecule has 5 nitrogen and oxygen atoms in total. The van der Waals surface area contributed by atoms with Gasteiger partial charge in [0.05, 0.1) is 20.6 Å². The zero-order chi connectivity index (χ0) is 17.5. The van der Waals surface area contributed by atoms with Gasteiger partial charge in [-0.25, -0.2) is 4.79 Å². The predicted octanol–water partition coefficient (Wildman–Crippen LogP) is 2.58. The summed E-state index contributed by atoms with van der Waals surface area (Å²) >= 11 is 0. The fraction of sp³-hybridized carbons (Fsp3) is 0.263. The van der Waals surface area contributed by atoms with Crippen molar-refractivity contribution in [1.29, 1.82) is 0 Å². The lowest BCUT2D eigenvalue weighted by Gasteiger charge is -2.19. The van der Waals surface area contributed by atoms with Crippen molar-refractivity contribution in [1.82, 2.24) is 5.32 Å². The van der Waals surface area contributed by atoms with Gasteiger partial charge in [0.25, 0.3) is 0 Å². The molecule has 1 unspecified atom stereocenters. The Morgan fingerprint density at radius 1 is 1.08 bits per heavy atom. The zero-order valence-corrected chi connectivity index (χ0v) is 14.0. The van der Waals surface area contributed by atoms with Gasteiger partial charge in [-0.1, -0.05) is 36.4 Å². The summed E-state index contributed by atoms with van der Waals surface area (Å²) in [6, 6.07) is 13.8. The summed E-state index contributed by atoms with van der Waals surface area (Å²) in [6.45, 7) is 1.89. The fourth-order valence-corrected chi connectivity index (χ4v) is 2.47. The summed E-state index contributed by atoms with van der Waals surface area (Å²) in [5.74, 6) is -0.0751. The number of carbonyl (C=O) groups excluding carboxylic acids is 2. The Morgan fingerprint density at radius 3 is 2.50 bits per heavy atom. The van der Waals surface area contributed by atoms with Crippen LogP contribution in [0.4, 0.5) is 0 Å². The minimum Gasteiger partial charge on any atom is -0.497 e. The highest BCUT2D eigenvalue weighted by molar-refractivity contribution is 5.86. The fourth-order valence-electron chi connectivity index (χ4n) is 2.47. The Hall–Kier alpha value is -2.82. The van der Waals surface area contributed by atoms with Gasteiger partial charge in [0, 0.05) is 0 Å². The van der Waals surface area contributed by atoms with Gasteiger partial charge in [0.2, 0.25) is 5.91 Å². The Balaban J connectivity index is 2.16. The van der Waals surface area contributed by atoms with Crippen LogP contribution < -0.4 is 10.1 Å². The lowest BCUT2D eigenvalue weighted by Crippen LogP contribution is -2.35. The summed E-state index contributed by atoms with van der Waals surface area (Å²) in [7, 11) is 2.88. The van der Waals surface area contributed by atoms with E-state index in [0.29, 0.717) is 5.75 Å². The summed E-state index contributed by atoms with van der Waals surface area (Å²) in [5.41, 5.74) is 2.44. The molecule has 0 aliphatic rings. The maximum absolute atomic E-state index is 12.4. The molecule has 1 amide bonds. The molecule has 0 bridgehead atoms. The molecule has 2 aromatic rings. The van der Waals surface area contributed by atoms with E-state index in [1.807, 2.05) is 49.4 Å². The van der Waals surface area contributed by atoms with E-state index in [1.165, 1.54) is 7.11 Å². The second kappa shape index (κ2) is 8.15. The van der Waals surface area contributed by atoms with Gasteiger partial charge in [-0.05, 0) is 35.7 Å². The van der Waals surface area contributed by atoms with Crippen molar-refractivity contribution >= 4 is 11.9 Å². The van der Waals surface area contributed by atoms with E-state index in [-0.39, 0.29) is 12.3 Å². The van der Waals surface area contributed by atoms with Gasteiger partial charge < -0.3 is 14.8 Å². The monoisotopic (exact) mass is 327 g/mol. The van der Waals surface area contributed by atoms with E-state index in [9.17, 15) is 9.59 Å². The quantitative estimate of drug-likeness (QED) is 0.828. The van der Waals surface area contributed by atoms with Crippen LogP contribution in [0, 0.1) is 6.92 Å². The molecule has 0 aliphatic heterocycles. The number of esters is 1. The molecule has 1 N–H and O–H groups in total. The van der Waals surface area contributed by atoms with Crippen molar-refractivity contribution < 1.29 is 19.1 Å². The second-order valence-electron chi connectivity index (χ2n) is 5.41. The number of rotatable bonds is 6. The van der Waals surface area contributed by atoms with Gasteiger partial charge in [-0.15, -0.1) is 0 Å². The number of benzene rings is 2. The Kier molecular flexibility index (Phi) is 5.95. The van der Waals surface area contributed by atoms with Crippen molar-refractivity contribution in [2.24, 2.45) is 0 Å². The Labute approximate surface area is 141 Å². The molecule has 0 fully saturated rings. The van der Waals surface area contributed by atoms with Crippen molar-refractivity contribution in [3.8, 4) is 5.75 Å². The lowest BCUT2D eigenvalue weighted by atomic mass is 10.0. The number of hydrogen-bond acceptors (Lipinski definition) is 4. The van der Waals surface area contributed by atoms with Gasteiger partial charge >= 0.3 is 5.97 Å². The molecule has 0 aliphatic carbocycles. The summed E-state index contributed by atoms with van der Waals surface area (Å²) in [6.07, 6.45) is 0.149. The van der Waals surface area contributed by atoms with Crippen molar-refractivity contribution in [3.05, 3.63) is 65.2 Å². The second-order valence-corrected chi connectivity index (χ2v) is 5.41. The van der Waals surface area contributed by atoms with Gasteiger partial charge in [-0.2, -0.15) is 0 Å². The van der Waals surface area contributed by atoms with Gasteiger partial charge in [0.15, 0.2) is 6.04 Å². The smallest absolute Gasteiger partial charge is 0.333 e. The molecule has 0 spiro atoms. The molecule has 0 heterocycles. The third-order valence-corrected chi connectivity index (χ3v) is 3.74. The highest BCUT2D eigenvalue weighted by Crippen LogP contribution is 2.19. The van der Waals surface area contributed by atoms with Crippen molar-refractivity contribution in [3.63, 3.8) is 0 Å². The van der Waals surface area contributed by atoms with Crippen LogP contribution in [0.15, 0.2) is 48.5 Å². The molecule has 24 heavy (non-hydrogen) atoms. The van der Waals surface area contributed by atoms with Gasteiger partial charge in [-0.3, -0.25) is 4.79 Å². The van der Waals surface area contributed by atoms with Crippen LogP contribution in [0.25, 0.3) is 0 Å². The maximum atomic E-state index is 12.4. The zero-order valence-electron chi connectivity index (χ0n) is 14.0. The first-order chi connectivity index (χ1) is 11.5. The van der Waals surface area contributed by atoms with Crippen LogP contribution in [-0.2, 0) is 20.7 Å². The van der Waals surface area contributed by atoms with Crippen LogP contribution >= 0.6 is 0 Å². The number of ether oxygens (including phenoxy) is 2. The van der Waals surface area contributed by atoms with Crippen LogP contribution in [0.3, 0.4) is 0 Å². The normalized spacial score (nSPS) is 11.5. The van der Waals surface area contributed by atoms with E-state index in [2.05, 4.69) is 5.32 Å². The minimum atomic E-state index is -0.825. The van der Waals surface area contributed by atoms with E-state index in [4.69, 9.17) is 9.47 Å². The third-order valence-electron chi connectivity index (χ3n) is 3.74. The number of carbonyl (C=O) groups is 2. The highest BCUT2D eigenvalue weighted by atomic mass is 16.5. The first-order valence-electron chi connectivity index (χ1n) is 7.60. The number of hydrogen-bond donors (Lipinski definition) is 1. The maximum Gasteiger partial charge on any atom is 0.333 e. The summed E-state index contributed by atoms with van der Waals surface area (Å²) in [4.78, 5) is 24.5. The van der Waals surface area contributed by atoms with E-state index in [0.717, 1.165) is 16.7 Å². The topological polar surface area (TPSA) is 64.6 Å². The van der Waals surface area contributed by atoms with Crippen molar-refractivity contribution in [2.75, 3.05) is 14.2 Å². The Morgan fingerprint density at radius 2 is 1.83 bits per heavy atom. The van der Waals surface area contributed by atoms with Crippen molar-refractivity contribution in [2.45, 2.75) is 19.4 Å². The lowest BCUT2D eigenvalue weighted by molar-refractivity contribution is -0.145. The molecular weight excluding hydrogens is 306 g/mol. The van der Waals surface area contributed by atoms with E-state index in [1.54, 1.807) is 13.2 Å². The first-order valence-corrected chi connectivity index (χ1v) is 7.60. The van der Waals surface area contributed by atoms with Crippen LogP contribution in [0.1, 0.15) is 22.7 Å². The molecule has 0 radical (unpaired) electrons. The molecule has 1 atom stereocenters. The Bertz CT molecular complexity index is 727. The molecule has 2 rings (SSSR count). The third kappa shape index (κ3) is 4.35. The number of nitrogens with one attached hydrogen (secondary N) is 1. The first kappa shape index (κ1) is 17.5. The molecular formula is C19H21NO4. The standard InChI is InChI=1S/C19H21NO4/c1-13-7-4-5-10-16(13)18(19(22)24-3)20-17(21)12-14-8-6-9-15(11-14)23-2/h4-11,18H,12H2,1-3H3,(H,20,21). The van der Waals surface area contributed by atoms with E-state index >= 15 is 0 Å². The van der Waals surface area contributed by atoms with Crippen LogP contribution in [0.5, 0.6) is 5.75 Å². The average molecular weight is 327 g/mol. The molecule has 126 valence electrons. The number of amides is 1. The largest absolute Gasteiger partial charge is 0.497 e. The summed E-state index contributed by atoms with van der Waals surface area (Å²) < 4.78 is 9.99. The van der Waals surface area contributed by atoms with Crippen LogP contribution in [-0.4, -0.2) is 26.1 Å². The average Bonchev–Trinajstić information content (AvgIpc) is 2.60.